The first-order valence-electron chi connectivity index (χ1n) is 4.85. The van der Waals surface area contributed by atoms with Gasteiger partial charge in [0.2, 0.25) is 0 Å². The summed E-state index contributed by atoms with van der Waals surface area (Å²) in [5.41, 5.74) is 6.40. The normalized spacial score (nSPS) is 10.4. The Bertz CT molecular complexity index is 313. The maximum atomic E-state index is 5.85. The summed E-state index contributed by atoms with van der Waals surface area (Å²) in [6, 6.07) is 5.52. The van der Waals surface area contributed by atoms with Crippen LogP contribution in [0.2, 0.25) is 0 Å². The van der Waals surface area contributed by atoms with Crippen LogP contribution in [0.3, 0.4) is 0 Å². The molecular weight excluding hydrogens is 192 g/mol. The molecule has 15 heavy (non-hydrogen) atoms. The van der Waals surface area contributed by atoms with Gasteiger partial charge in [-0.1, -0.05) is 6.07 Å². The lowest BCUT2D eigenvalue weighted by molar-refractivity contribution is 0.261. The highest BCUT2D eigenvalue weighted by atomic mass is 16.5. The average Bonchev–Trinajstić information content (AvgIpc) is 2.20. The lowest BCUT2D eigenvalue weighted by Gasteiger charge is -2.13. The summed E-state index contributed by atoms with van der Waals surface area (Å²) in [6.07, 6.45) is 0. The van der Waals surface area contributed by atoms with Gasteiger partial charge in [-0.15, -0.1) is 0 Å². The van der Waals surface area contributed by atoms with Gasteiger partial charge in [-0.3, -0.25) is 0 Å². The number of rotatable bonds is 5. The summed E-state index contributed by atoms with van der Waals surface area (Å²) in [4.78, 5) is 2.05. The van der Waals surface area contributed by atoms with Crippen LogP contribution in [-0.4, -0.2) is 39.3 Å². The third-order valence-corrected chi connectivity index (χ3v) is 2.04. The van der Waals surface area contributed by atoms with E-state index >= 15 is 0 Å². The molecule has 2 N–H and O–H groups in total. The summed E-state index contributed by atoms with van der Waals surface area (Å²) in [5.74, 6) is 1.33. The van der Waals surface area contributed by atoms with Crippen LogP contribution < -0.4 is 15.2 Å². The Morgan fingerprint density at radius 2 is 1.93 bits per heavy atom. The zero-order valence-corrected chi connectivity index (χ0v) is 9.49. The largest absolute Gasteiger partial charge is 0.494 e. The Kier molecular flexibility index (Phi) is 4.24. The smallest absolute Gasteiger partial charge is 0.146 e. The zero-order chi connectivity index (χ0) is 11.3. The predicted molar refractivity (Wildman–Crippen MR) is 61.5 cm³/mol. The molecule has 84 valence electrons. The number of methoxy groups -OCH3 is 1. The van der Waals surface area contributed by atoms with Crippen molar-refractivity contribution in [1.82, 2.24) is 4.90 Å². The molecule has 0 heterocycles. The van der Waals surface area contributed by atoms with Crippen molar-refractivity contribution in [2.45, 2.75) is 0 Å². The quantitative estimate of drug-likeness (QED) is 0.742. The molecule has 0 atom stereocenters. The molecule has 0 aliphatic carbocycles. The molecule has 0 radical (unpaired) electrons. The molecule has 0 saturated carbocycles. The van der Waals surface area contributed by atoms with E-state index in [1.807, 2.05) is 32.3 Å². The standard InChI is InChI=1S/C11H18N2O2/c1-13(2)7-8-15-10-6-4-5-9(14-3)11(10)12/h4-6H,7-8,12H2,1-3H3. The summed E-state index contributed by atoms with van der Waals surface area (Å²) in [5, 5.41) is 0. The molecule has 1 rings (SSSR count). The van der Waals surface area contributed by atoms with Crippen molar-refractivity contribution in [1.29, 1.82) is 0 Å². The van der Waals surface area contributed by atoms with Crippen molar-refractivity contribution in [3.05, 3.63) is 18.2 Å². The molecule has 0 fully saturated rings. The van der Waals surface area contributed by atoms with Crippen molar-refractivity contribution >= 4 is 5.69 Å². The van der Waals surface area contributed by atoms with Crippen molar-refractivity contribution in [2.75, 3.05) is 40.1 Å². The number of ether oxygens (including phenoxy) is 2. The van der Waals surface area contributed by atoms with Gasteiger partial charge in [0, 0.05) is 6.54 Å². The van der Waals surface area contributed by atoms with Crippen molar-refractivity contribution in [3.8, 4) is 11.5 Å². The number of nitrogen functional groups attached to an aromatic ring is 1. The Morgan fingerprint density at radius 3 is 2.53 bits per heavy atom. The third-order valence-electron chi connectivity index (χ3n) is 2.04. The number of nitrogens with two attached hydrogens (primary N) is 1. The highest BCUT2D eigenvalue weighted by Gasteiger charge is 2.05. The highest BCUT2D eigenvalue weighted by molar-refractivity contribution is 5.62. The third kappa shape index (κ3) is 3.32. The molecule has 0 saturated heterocycles. The second-order valence-electron chi connectivity index (χ2n) is 3.52. The van der Waals surface area contributed by atoms with E-state index < -0.39 is 0 Å². The SMILES string of the molecule is COc1cccc(OCCN(C)C)c1N. The Labute approximate surface area is 90.6 Å². The van der Waals surface area contributed by atoms with Crippen molar-refractivity contribution in [2.24, 2.45) is 0 Å². The van der Waals surface area contributed by atoms with Gasteiger partial charge in [-0.2, -0.15) is 0 Å². The lowest BCUT2D eigenvalue weighted by Crippen LogP contribution is -2.19. The van der Waals surface area contributed by atoms with E-state index in [9.17, 15) is 0 Å². The molecule has 1 aromatic rings. The van der Waals surface area contributed by atoms with E-state index in [-0.39, 0.29) is 0 Å². The fraction of sp³-hybridized carbons (Fsp3) is 0.455. The first-order valence-corrected chi connectivity index (χ1v) is 4.85. The average molecular weight is 210 g/mol. The fourth-order valence-corrected chi connectivity index (χ4v) is 1.17. The number of hydrogen-bond donors (Lipinski definition) is 1. The number of benzene rings is 1. The molecular formula is C11H18N2O2. The lowest BCUT2D eigenvalue weighted by atomic mass is 10.3. The molecule has 1 aromatic carbocycles. The molecule has 0 bridgehead atoms. The first kappa shape index (κ1) is 11.7. The van der Waals surface area contributed by atoms with Crippen LogP contribution in [0.5, 0.6) is 11.5 Å². The minimum atomic E-state index is 0.554. The van der Waals surface area contributed by atoms with Crippen LogP contribution in [0.4, 0.5) is 5.69 Å². The van der Waals surface area contributed by atoms with Crippen LogP contribution in [0.25, 0.3) is 0 Å². The van der Waals surface area contributed by atoms with E-state index in [1.165, 1.54) is 0 Å². The van der Waals surface area contributed by atoms with E-state index in [0.29, 0.717) is 23.8 Å². The highest BCUT2D eigenvalue weighted by Crippen LogP contribution is 2.30. The Morgan fingerprint density at radius 1 is 1.27 bits per heavy atom. The Balaban J connectivity index is 2.61. The minimum absolute atomic E-state index is 0.554. The van der Waals surface area contributed by atoms with Crippen LogP contribution in [-0.2, 0) is 0 Å². The number of nitrogens with zero attached hydrogens (tertiary/aromatic N) is 1. The van der Waals surface area contributed by atoms with Gasteiger partial charge in [0.15, 0.2) is 0 Å². The van der Waals surface area contributed by atoms with E-state index in [0.717, 1.165) is 6.54 Å². The molecule has 0 aliphatic heterocycles. The summed E-state index contributed by atoms with van der Waals surface area (Å²) in [6.45, 7) is 1.47. The zero-order valence-electron chi connectivity index (χ0n) is 9.49. The molecule has 0 amide bonds. The summed E-state index contributed by atoms with van der Waals surface area (Å²) >= 11 is 0. The van der Waals surface area contributed by atoms with Crippen LogP contribution in [0.15, 0.2) is 18.2 Å². The number of likely N-dealkylation sites (N-methyl/N-ethyl adjacent to an activating group) is 1. The van der Waals surface area contributed by atoms with Crippen molar-refractivity contribution in [3.63, 3.8) is 0 Å². The molecule has 0 aromatic heterocycles. The van der Waals surface area contributed by atoms with Gasteiger partial charge in [-0.05, 0) is 26.2 Å². The van der Waals surface area contributed by atoms with E-state index in [4.69, 9.17) is 15.2 Å². The molecule has 0 spiro atoms. The van der Waals surface area contributed by atoms with Gasteiger partial charge in [-0.25, -0.2) is 0 Å². The summed E-state index contributed by atoms with van der Waals surface area (Å²) in [7, 11) is 5.59. The Hall–Kier alpha value is -1.42. The molecule has 0 unspecified atom stereocenters. The van der Waals surface area contributed by atoms with Gasteiger partial charge < -0.3 is 20.1 Å². The van der Waals surface area contributed by atoms with Crippen molar-refractivity contribution < 1.29 is 9.47 Å². The molecule has 4 heteroatoms. The van der Waals surface area contributed by atoms with Gasteiger partial charge in [0.05, 0.1) is 7.11 Å². The second-order valence-corrected chi connectivity index (χ2v) is 3.52. The monoisotopic (exact) mass is 210 g/mol. The van der Waals surface area contributed by atoms with Crippen LogP contribution >= 0.6 is 0 Å². The van der Waals surface area contributed by atoms with Crippen LogP contribution in [0, 0.1) is 0 Å². The van der Waals surface area contributed by atoms with Gasteiger partial charge in [0.25, 0.3) is 0 Å². The van der Waals surface area contributed by atoms with E-state index in [2.05, 4.69) is 4.90 Å². The summed E-state index contributed by atoms with van der Waals surface area (Å²) < 4.78 is 10.6. The van der Waals surface area contributed by atoms with E-state index in [1.54, 1.807) is 7.11 Å². The second kappa shape index (κ2) is 5.46. The number of para-hydroxylation sites is 1. The minimum Gasteiger partial charge on any atom is -0.494 e. The number of anilines is 1. The maximum absolute atomic E-state index is 5.85. The maximum Gasteiger partial charge on any atom is 0.146 e. The molecule has 4 nitrogen and oxygen atoms in total. The predicted octanol–water partition coefficient (Wildman–Crippen LogP) is 1.22. The number of hydrogen-bond acceptors (Lipinski definition) is 4. The van der Waals surface area contributed by atoms with Gasteiger partial charge >= 0.3 is 0 Å². The molecule has 0 aliphatic rings. The van der Waals surface area contributed by atoms with Crippen LogP contribution in [0.1, 0.15) is 0 Å². The fourth-order valence-electron chi connectivity index (χ4n) is 1.17. The first-order chi connectivity index (χ1) is 7.15. The van der Waals surface area contributed by atoms with Gasteiger partial charge in [0.1, 0.15) is 23.8 Å². The topological polar surface area (TPSA) is 47.7 Å².